The monoisotopic (exact) mass is 259 g/mol. The van der Waals surface area contributed by atoms with Crippen LogP contribution in [0.1, 0.15) is 53.4 Å². The number of hydrogen-bond donors (Lipinski definition) is 2. The molecule has 0 amide bonds. The van der Waals surface area contributed by atoms with Crippen LogP contribution in [-0.4, -0.2) is 27.2 Å². The molecule has 2 N–H and O–H groups in total. The Morgan fingerprint density at radius 1 is 1.29 bits per heavy atom. The van der Waals surface area contributed by atoms with Crippen molar-refractivity contribution in [3.63, 3.8) is 0 Å². The Balaban J connectivity index is 2.48. The molecule has 0 bridgehead atoms. The van der Waals surface area contributed by atoms with Crippen LogP contribution < -0.4 is 4.72 Å². The van der Waals surface area contributed by atoms with Gasteiger partial charge in [0.15, 0.2) is 0 Å². The molecule has 100 valence electrons. The van der Waals surface area contributed by atoms with Gasteiger partial charge in [-0.25, -0.2) is 0 Å². The Morgan fingerprint density at radius 2 is 1.82 bits per heavy atom. The summed E-state index contributed by atoms with van der Waals surface area (Å²) < 4.78 is 3.93. The van der Waals surface area contributed by atoms with Crippen LogP contribution in [0.15, 0.2) is 0 Å². The Kier molecular flexibility index (Phi) is 5.20. The highest BCUT2D eigenvalue weighted by molar-refractivity contribution is 8.14. The fourth-order valence-electron chi connectivity index (χ4n) is 2.24. The Bertz CT molecular complexity index is 299. The van der Waals surface area contributed by atoms with Gasteiger partial charge < -0.3 is 5.11 Å². The maximum Gasteiger partial charge on any atom is 0.306 e. The first-order valence-corrected chi connectivity index (χ1v) is 7.65. The molecule has 1 fully saturated rings. The molecule has 0 spiro atoms. The molecule has 0 heterocycles. The zero-order valence-corrected chi connectivity index (χ0v) is 12.1. The van der Waals surface area contributed by atoms with Gasteiger partial charge in [-0.2, -0.15) is 0 Å². The predicted octanol–water partition coefficient (Wildman–Crippen LogP) is 3.02. The van der Waals surface area contributed by atoms with E-state index in [-0.39, 0.29) is 21.3 Å². The molecule has 1 unspecified atom stereocenters. The zero-order chi connectivity index (χ0) is 13.1. The molecule has 1 aliphatic rings. The van der Waals surface area contributed by atoms with E-state index in [1.165, 1.54) is 0 Å². The molecule has 0 aromatic rings. The summed E-state index contributed by atoms with van der Waals surface area (Å²) in [5, 5.41) is 11.2. The van der Waals surface area contributed by atoms with E-state index in [1.807, 2.05) is 0 Å². The van der Waals surface area contributed by atoms with Crippen molar-refractivity contribution in [1.29, 1.82) is 0 Å². The van der Waals surface area contributed by atoms with Crippen molar-refractivity contribution in [3.05, 3.63) is 0 Å². The summed E-state index contributed by atoms with van der Waals surface area (Å²) in [6, 6.07) is 0.490. The smallest absolute Gasteiger partial charge is 0.306 e. The average molecular weight is 259 g/mol. The molecule has 3 nitrogen and oxygen atoms in total. The number of rotatable bonds is 3. The van der Waals surface area contributed by atoms with E-state index in [0.29, 0.717) is 6.04 Å². The molecule has 0 aromatic heterocycles. The third-order valence-electron chi connectivity index (χ3n) is 3.27. The van der Waals surface area contributed by atoms with Gasteiger partial charge in [-0.3, -0.25) is 9.52 Å². The summed E-state index contributed by atoms with van der Waals surface area (Å²) in [5.74, 6) is -0.740. The van der Waals surface area contributed by atoms with Gasteiger partial charge in [0.05, 0.1) is 5.92 Å². The SMILES string of the molecule is C/C=S(/NC1CCC(C(=O)O)CC1)C(C)(C)C. The summed E-state index contributed by atoms with van der Waals surface area (Å²) in [4.78, 5) is 10.9. The third-order valence-corrected chi connectivity index (χ3v) is 5.64. The highest BCUT2D eigenvalue weighted by atomic mass is 32.2. The molecule has 0 aliphatic heterocycles. The number of carboxylic acids is 1. The summed E-state index contributed by atoms with van der Waals surface area (Å²) >= 11 is 0. The summed E-state index contributed by atoms with van der Waals surface area (Å²) in [5.41, 5.74) is 0. The van der Waals surface area contributed by atoms with Crippen molar-refractivity contribution in [3.8, 4) is 0 Å². The van der Waals surface area contributed by atoms with Crippen molar-refractivity contribution in [2.45, 2.75) is 64.2 Å². The number of hydrogen-bond acceptors (Lipinski definition) is 2. The van der Waals surface area contributed by atoms with E-state index in [4.69, 9.17) is 5.11 Å². The van der Waals surface area contributed by atoms with Crippen LogP contribution in [-0.2, 0) is 4.79 Å². The van der Waals surface area contributed by atoms with Crippen LogP contribution in [0, 0.1) is 5.92 Å². The molecule has 1 aliphatic carbocycles. The van der Waals surface area contributed by atoms with Crippen LogP contribution in [0.5, 0.6) is 0 Å². The quantitative estimate of drug-likeness (QED) is 0.766. The normalized spacial score (nSPS) is 28.0. The van der Waals surface area contributed by atoms with E-state index in [9.17, 15) is 4.79 Å². The van der Waals surface area contributed by atoms with Crippen molar-refractivity contribution in [1.82, 2.24) is 4.72 Å². The lowest BCUT2D eigenvalue weighted by molar-refractivity contribution is -0.142. The maximum absolute atomic E-state index is 10.9. The Labute approximate surface area is 107 Å². The van der Waals surface area contributed by atoms with Gasteiger partial charge in [0.2, 0.25) is 0 Å². The molecule has 0 radical (unpaired) electrons. The van der Waals surface area contributed by atoms with Gasteiger partial charge in [-0.1, -0.05) is 20.8 Å². The van der Waals surface area contributed by atoms with E-state index < -0.39 is 5.97 Å². The van der Waals surface area contributed by atoms with Crippen LogP contribution >= 0.6 is 10.7 Å². The molecular weight excluding hydrogens is 234 g/mol. The number of carboxylic acid groups (broad SMARTS) is 1. The van der Waals surface area contributed by atoms with E-state index in [2.05, 4.69) is 37.8 Å². The number of carbonyl (C=O) groups is 1. The van der Waals surface area contributed by atoms with Crippen molar-refractivity contribution >= 4 is 22.0 Å². The van der Waals surface area contributed by atoms with Gasteiger partial charge in [0.1, 0.15) is 0 Å². The van der Waals surface area contributed by atoms with E-state index in [0.717, 1.165) is 25.7 Å². The first kappa shape index (κ1) is 14.7. The second-order valence-corrected chi connectivity index (χ2v) is 8.30. The van der Waals surface area contributed by atoms with Crippen LogP contribution in [0.2, 0.25) is 0 Å². The van der Waals surface area contributed by atoms with Crippen LogP contribution in [0.4, 0.5) is 0 Å². The molecule has 1 atom stereocenters. The van der Waals surface area contributed by atoms with E-state index in [1.54, 1.807) is 0 Å². The molecule has 1 rings (SSSR count). The minimum Gasteiger partial charge on any atom is -0.481 e. The minimum absolute atomic E-state index is 0.109. The second-order valence-electron chi connectivity index (χ2n) is 5.69. The molecule has 0 saturated heterocycles. The standard InChI is InChI=1S/C13H25NO2S/c1-5-17(13(2,3)4)14-11-8-6-10(7-9-11)12(15)16/h5,10-11,14H,6-9H2,1-4H3,(H,15,16). The Morgan fingerprint density at radius 3 is 2.18 bits per heavy atom. The fourth-order valence-corrected chi connectivity index (χ4v) is 4.03. The van der Waals surface area contributed by atoms with Gasteiger partial charge >= 0.3 is 5.97 Å². The lowest BCUT2D eigenvalue weighted by Crippen LogP contribution is -2.35. The fraction of sp³-hybridized carbons (Fsp3) is 0.846. The second kappa shape index (κ2) is 6.01. The van der Waals surface area contributed by atoms with E-state index >= 15 is 0 Å². The number of nitrogens with one attached hydrogen (secondary N) is 1. The molecular formula is C13H25NO2S. The maximum atomic E-state index is 10.9. The summed E-state index contributed by atoms with van der Waals surface area (Å²) in [6.07, 6.45) is 3.62. The third kappa shape index (κ3) is 4.43. The molecule has 17 heavy (non-hydrogen) atoms. The molecule has 0 aromatic carbocycles. The molecule has 4 heteroatoms. The molecule has 1 saturated carbocycles. The first-order valence-electron chi connectivity index (χ1n) is 6.36. The van der Waals surface area contributed by atoms with Crippen LogP contribution in [0.25, 0.3) is 0 Å². The number of aliphatic carboxylic acids is 1. The van der Waals surface area contributed by atoms with Crippen LogP contribution in [0.3, 0.4) is 0 Å². The Hall–Kier alpha value is -0.350. The highest BCUT2D eigenvalue weighted by Crippen LogP contribution is 2.32. The predicted molar refractivity (Wildman–Crippen MR) is 75.6 cm³/mol. The van der Waals surface area contributed by atoms with Gasteiger partial charge in [0, 0.05) is 10.8 Å². The van der Waals surface area contributed by atoms with Gasteiger partial charge in [-0.05, 0) is 38.0 Å². The van der Waals surface area contributed by atoms with Crippen molar-refractivity contribution in [2.24, 2.45) is 5.92 Å². The van der Waals surface area contributed by atoms with Crippen molar-refractivity contribution in [2.75, 3.05) is 0 Å². The summed E-state index contributed by atoms with van der Waals surface area (Å²) in [7, 11) is 0.109. The topological polar surface area (TPSA) is 49.3 Å². The minimum atomic E-state index is -0.625. The zero-order valence-electron chi connectivity index (χ0n) is 11.3. The van der Waals surface area contributed by atoms with Crippen molar-refractivity contribution < 1.29 is 9.90 Å². The average Bonchev–Trinajstić information content (AvgIpc) is 2.24. The largest absolute Gasteiger partial charge is 0.481 e. The lowest BCUT2D eigenvalue weighted by Gasteiger charge is -2.33. The highest BCUT2D eigenvalue weighted by Gasteiger charge is 2.27. The van der Waals surface area contributed by atoms with Gasteiger partial charge in [-0.15, -0.1) is 10.7 Å². The summed E-state index contributed by atoms with van der Waals surface area (Å²) in [6.45, 7) is 8.83. The van der Waals surface area contributed by atoms with Gasteiger partial charge in [0.25, 0.3) is 0 Å². The first-order chi connectivity index (χ1) is 7.84. The lowest BCUT2D eigenvalue weighted by atomic mass is 9.87.